The van der Waals surface area contributed by atoms with E-state index in [1.807, 2.05) is 0 Å². The molecule has 6 heteroatoms. The molecule has 4 nitrogen and oxygen atoms in total. The van der Waals surface area contributed by atoms with E-state index in [2.05, 4.69) is 0 Å². The molecule has 1 heterocycles. The number of fused-ring (bicyclic) bond motifs is 1. The van der Waals surface area contributed by atoms with Gasteiger partial charge in [0.25, 0.3) is 0 Å². The van der Waals surface area contributed by atoms with Gasteiger partial charge in [-0.3, -0.25) is 4.57 Å². The second-order valence-corrected chi connectivity index (χ2v) is 4.84. The summed E-state index contributed by atoms with van der Waals surface area (Å²) in [5, 5.41) is 0.0472. The van der Waals surface area contributed by atoms with Crippen LogP contribution < -0.4 is 11.5 Å². The molecular formula is C14H10ClFN2O2. The van der Waals surface area contributed by atoms with Crippen molar-refractivity contribution in [1.29, 1.82) is 0 Å². The van der Waals surface area contributed by atoms with Crippen LogP contribution in [-0.4, -0.2) is 4.57 Å². The van der Waals surface area contributed by atoms with Gasteiger partial charge in [-0.05, 0) is 29.8 Å². The minimum Gasteiger partial charge on any atom is -0.408 e. The molecule has 2 aromatic carbocycles. The largest absolute Gasteiger partial charge is 0.420 e. The van der Waals surface area contributed by atoms with Crippen LogP contribution in [0, 0.1) is 5.82 Å². The third-order valence-corrected chi connectivity index (χ3v) is 3.32. The number of hydrogen-bond acceptors (Lipinski definition) is 3. The summed E-state index contributed by atoms with van der Waals surface area (Å²) in [5.41, 5.74) is 7.78. The van der Waals surface area contributed by atoms with E-state index in [9.17, 15) is 9.18 Å². The van der Waals surface area contributed by atoms with E-state index in [0.717, 1.165) is 0 Å². The average molecular weight is 293 g/mol. The molecule has 2 N–H and O–H groups in total. The first-order chi connectivity index (χ1) is 9.54. The van der Waals surface area contributed by atoms with Crippen molar-refractivity contribution in [3.8, 4) is 0 Å². The first kappa shape index (κ1) is 12.7. The van der Waals surface area contributed by atoms with Gasteiger partial charge >= 0.3 is 5.76 Å². The molecule has 0 fully saturated rings. The van der Waals surface area contributed by atoms with Crippen LogP contribution in [0.25, 0.3) is 11.1 Å². The molecule has 1 aromatic heterocycles. The van der Waals surface area contributed by atoms with Gasteiger partial charge in [0, 0.05) is 11.8 Å². The predicted octanol–water partition coefficient (Wildman–Crippen LogP) is 3.02. The number of benzene rings is 2. The average Bonchev–Trinajstić information content (AvgIpc) is 2.69. The highest BCUT2D eigenvalue weighted by Crippen LogP contribution is 2.19. The zero-order valence-corrected chi connectivity index (χ0v) is 11.0. The molecule has 3 rings (SSSR count). The second kappa shape index (κ2) is 4.68. The quantitative estimate of drug-likeness (QED) is 0.739. The van der Waals surface area contributed by atoms with Crippen LogP contribution in [0.15, 0.2) is 45.6 Å². The molecule has 0 bridgehead atoms. The lowest BCUT2D eigenvalue weighted by molar-refractivity contribution is 0.517. The van der Waals surface area contributed by atoms with Gasteiger partial charge < -0.3 is 10.2 Å². The van der Waals surface area contributed by atoms with E-state index in [0.29, 0.717) is 22.4 Å². The van der Waals surface area contributed by atoms with Crippen molar-refractivity contribution in [2.24, 2.45) is 0 Å². The fourth-order valence-electron chi connectivity index (χ4n) is 2.05. The number of nitrogen functional groups attached to an aromatic ring is 1. The maximum absolute atomic E-state index is 13.4. The van der Waals surface area contributed by atoms with Gasteiger partial charge in [-0.15, -0.1) is 0 Å². The topological polar surface area (TPSA) is 61.2 Å². The normalized spacial score (nSPS) is 11.1. The van der Waals surface area contributed by atoms with Gasteiger partial charge in [-0.25, -0.2) is 9.18 Å². The molecule has 102 valence electrons. The van der Waals surface area contributed by atoms with Crippen molar-refractivity contribution < 1.29 is 8.81 Å². The first-order valence-electron chi connectivity index (χ1n) is 5.87. The summed E-state index contributed by atoms with van der Waals surface area (Å²) in [4.78, 5) is 11.8. The lowest BCUT2D eigenvalue weighted by atomic mass is 10.2. The van der Waals surface area contributed by atoms with E-state index < -0.39 is 11.6 Å². The minimum atomic E-state index is -0.519. The van der Waals surface area contributed by atoms with Crippen molar-refractivity contribution >= 4 is 28.4 Å². The Bertz CT molecular complexity index is 854. The Morgan fingerprint density at radius 1 is 1.25 bits per heavy atom. The summed E-state index contributed by atoms with van der Waals surface area (Å²) >= 11 is 5.63. The summed E-state index contributed by atoms with van der Waals surface area (Å²) in [6, 6.07) is 9.37. The SMILES string of the molecule is Nc1ccc2c(c1)oc(=O)n2Cc1ccc(Cl)c(F)c1. The van der Waals surface area contributed by atoms with Crippen molar-refractivity contribution in [3.63, 3.8) is 0 Å². The third kappa shape index (κ3) is 2.16. The Morgan fingerprint density at radius 2 is 2.05 bits per heavy atom. The van der Waals surface area contributed by atoms with E-state index in [4.69, 9.17) is 21.8 Å². The van der Waals surface area contributed by atoms with Crippen LogP contribution in [0.2, 0.25) is 5.02 Å². The number of anilines is 1. The predicted molar refractivity (Wildman–Crippen MR) is 75.4 cm³/mol. The Morgan fingerprint density at radius 3 is 2.80 bits per heavy atom. The standard InChI is InChI=1S/C14H10ClFN2O2/c15-10-3-1-8(5-11(10)16)7-18-12-4-2-9(17)6-13(12)20-14(18)19/h1-6H,7,17H2. The number of aromatic nitrogens is 1. The zero-order chi connectivity index (χ0) is 14.3. The van der Waals surface area contributed by atoms with Gasteiger partial charge in [-0.1, -0.05) is 17.7 Å². The minimum absolute atomic E-state index is 0.0472. The Hall–Kier alpha value is -2.27. The van der Waals surface area contributed by atoms with Gasteiger partial charge in [-0.2, -0.15) is 0 Å². The first-order valence-corrected chi connectivity index (χ1v) is 6.25. The summed E-state index contributed by atoms with van der Waals surface area (Å²) in [6.45, 7) is 0.198. The molecule has 0 spiro atoms. The van der Waals surface area contributed by atoms with Gasteiger partial charge in [0.15, 0.2) is 5.58 Å². The highest BCUT2D eigenvalue weighted by molar-refractivity contribution is 6.30. The van der Waals surface area contributed by atoms with Gasteiger partial charge in [0.2, 0.25) is 0 Å². The van der Waals surface area contributed by atoms with Crippen LogP contribution in [-0.2, 0) is 6.54 Å². The summed E-state index contributed by atoms with van der Waals surface area (Å²) < 4.78 is 19.9. The molecule has 0 aliphatic rings. The van der Waals surface area contributed by atoms with Crippen molar-refractivity contribution in [2.75, 3.05) is 5.73 Å². The fraction of sp³-hybridized carbons (Fsp3) is 0.0714. The Kier molecular flexibility index (Phi) is 2.99. The van der Waals surface area contributed by atoms with E-state index in [1.54, 1.807) is 24.3 Å². The highest BCUT2D eigenvalue weighted by atomic mass is 35.5. The van der Waals surface area contributed by atoms with Gasteiger partial charge in [0.1, 0.15) is 5.82 Å². The molecular weight excluding hydrogens is 283 g/mol. The number of hydrogen-bond donors (Lipinski definition) is 1. The molecule has 20 heavy (non-hydrogen) atoms. The molecule has 0 radical (unpaired) electrons. The molecule has 0 amide bonds. The lowest BCUT2D eigenvalue weighted by Crippen LogP contribution is -2.14. The van der Waals surface area contributed by atoms with E-state index in [-0.39, 0.29) is 11.6 Å². The van der Waals surface area contributed by atoms with E-state index >= 15 is 0 Å². The molecule has 0 atom stereocenters. The number of rotatable bonds is 2. The van der Waals surface area contributed by atoms with Crippen molar-refractivity contribution in [3.05, 3.63) is 63.4 Å². The highest BCUT2D eigenvalue weighted by Gasteiger charge is 2.10. The molecule has 0 aliphatic heterocycles. The van der Waals surface area contributed by atoms with Crippen molar-refractivity contribution in [2.45, 2.75) is 6.54 Å². The van der Waals surface area contributed by atoms with Crippen LogP contribution in [0.4, 0.5) is 10.1 Å². The number of nitrogens with two attached hydrogens (primary N) is 1. The van der Waals surface area contributed by atoms with Crippen LogP contribution >= 0.6 is 11.6 Å². The summed E-state index contributed by atoms with van der Waals surface area (Å²) in [7, 11) is 0. The molecule has 0 saturated carbocycles. The number of halogens is 2. The molecule has 3 aromatic rings. The summed E-state index contributed by atoms with van der Waals surface area (Å²) in [5.74, 6) is -1.03. The van der Waals surface area contributed by atoms with Crippen LogP contribution in [0.3, 0.4) is 0 Å². The molecule has 0 aliphatic carbocycles. The van der Waals surface area contributed by atoms with Crippen LogP contribution in [0.5, 0.6) is 0 Å². The number of oxazole rings is 1. The van der Waals surface area contributed by atoms with Crippen LogP contribution in [0.1, 0.15) is 5.56 Å². The van der Waals surface area contributed by atoms with Crippen molar-refractivity contribution in [1.82, 2.24) is 4.57 Å². The Labute approximate surface area is 118 Å². The maximum Gasteiger partial charge on any atom is 0.420 e. The zero-order valence-electron chi connectivity index (χ0n) is 10.3. The molecule has 0 saturated heterocycles. The van der Waals surface area contributed by atoms with Gasteiger partial charge in [0.05, 0.1) is 17.1 Å². The monoisotopic (exact) mass is 292 g/mol. The molecule has 0 unspecified atom stereocenters. The fourth-order valence-corrected chi connectivity index (χ4v) is 2.17. The lowest BCUT2D eigenvalue weighted by Gasteiger charge is -2.04. The Balaban J connectivity index is 2.08. The van der Waals surface area contributed by atoms with E-state index in [1.165, 1.54) is 16.7 Å². The third-order valence-electron chi connectivity index (χ3n) is 3.02. The maximum atomic E-state index is 13.4. The summed E-state index contributed by atoms with van der Waals surface area (Å²) in [6.07, 6.45) is 0. The second-order valence-electron chi connectivity index (χ2n) is 4.43. The number of nitrogens with zero attached hydrogens (tertiary/aromatic N) is 1. The smallest absolute Gasteiger partial charge is 0.408 e.